The lowest BCUT2D eigenvalue weighted by molar-refractivity contribution is -0.143. The monoisotopic (exact) mass is 212 g/mol. The second-order valence-corrected chi connectivity index (χ2v) is 3.49. The molecule has 0 saturated heterocycles. The van der Waals surface area contributed by atoms with Gasteiger partial charge < -0.3 is 14.5 Å². The molecule has 0 spiro atoms. The van der Waals surface area contributed by atoms with Crippen molar-refractivity contribution >= 4 is 13.8 Å². The molecule has 0 bridgehead atoms. The number of hydrogen-bond acceptors (Lipinski definition) is 4. The molecule has 0 aromatic carbocycles. The molecule has 0 aromatic rings. The van der Waals surface area contributed by atoms with E-state index in [2.05, 4.69) is 9.26 Å². The minimum atomic E-state index is -4.38. The zero-order valence-corrected chi connectivity index (χ0v) is 8.20. The van der Waals surface area contributed by atoms with Crippen molar-refractivity contribution in [2.24, 2.45) is 0 Å². The molecule has 0 saturated carbocycles. The Morgan fingerprint density at radius 2 is 2.00 bits per heavy atom. The van der Waals surface area contributed by atoms with Gasteiger partial charge in [-0.15, -0.1) is 0 Å². The predicted octanol–water partition coefficient (Wildman–Crippen LogP) is 0.439. The predicted molar refractivity (Wildman–Crippen MR) is 43.9 cm³/mol. The number of carbonyl (C=O) groups is 1. The number of phosphoric acid groups is 1. The Morgan fingerprint density at radius 1 is 1.38 bits per heavy atom. The molecule has 0 heterocycles. The quantitative estimate of drug-likeness (QED) is 0.377. The van der Waals surface area contributed by atoms with Gasteiger partial charge in [0.15, 0.2) is 0 Å². The lowest BCUT2D eigenvalue weighted by Crippen LogP contribution is -2.06. The molecule has 0 fully saturated rings. The first-order valence-electron chi connectivity index (χ1n) is 3.81. The van der Waals surface area contributed by atoms with Crippen LogP contribution < -0.4 is 0 Å². The summed E-state index contributed by atoms with van der Waals surface area (Å²) in [4.78, 5) is 27.1. The van der Waals surface area contributed by atoms with Gasteiger partial charge in [-0.05, 0) is 0 Å². The third-order valence-corrected chi connectivity index (χ3v) is 1.62. The summed E-state index contributed by atoms with van der Waals surface area (Å²) in [5.41, 5.74) is 0. The van der Waals surface area contributed by atoms with Gasteiger partial charge in [0.2, 0.25) is 0 Å². The molecule has 2 N–H and O–H groups in total. The molecule has 0 unspecified atom stereocenters. The Morgan fingerprint density at radius 3 is 2.46 bits per heavy atom. The number of ether oxygens (including phenoxy) is 1. The maximum absolute atomic E-state index is 10.6. The summed E-state index contributed by atoms with van der Waals surface area (Å²) >= 11 is 0. The third-order valence-electron chi connectivity index (χ3n) is 1.10. The molecule has 7 heteroatoms. The van der Waals surface area contributed by atoms with Crippen LogP contribution in [-0.4, -0.2) is 29.0 Å². The molecule has 0 aromatic heterocycles. The standard InChI is InChI=1S/C6H13O6P/c1-2-6(7)11-4-3-5-12-13(8,9)10/h2-5H2,1H3,(H2,8,9,10). The normalized spacial score (nSPS) is 11.3. The van der Waals surface area contributed by atoms with E-state index in [9.17, 15) is 9.36 Å². The highest BCUT2D eigenvalue weighted by Gasteiger charge is 2.12. The first-order chi connectivity index (χ1) is 5.95. The second-order valence-electron chi connectivity index (χ2n) is 2.25. The van der Waals surface area contributed by atoms with Crippen LogP contribution in [0.2, 0.25) is 0 Å². The fraction of sp³-hybridized carbons (Fsp3) is 0.833. The Bertz CT molecular complexity index is 197. The van der Waals surface area contributed by atoms with E-state index in [1.54, 1.807) is 6.92 Å². The molecule has 0 aliphatic carbocycles. The van der Waals surface area contributed by atoms with E-state index in [1.165, 1.54) is 0 Å². The molecule has 0 rings (SSSR count). The van der Waals surface area contributed by atoms with Crippen LogP contribution >= 0.6 is 7.82 Å². The molecule has 0 amide bonds. The summed E-state index contributed by atoms with van der Waals surface area (Å²) < 4.78 is 18.9. The van der Waals surface area contributed by atoms with Crippen molar-refractivity contribution in [3.8, 4) is 0 Å². The van der Waals surface area contributed by atoms with Crippen molar-refractivity contribution in [3.63, 3.8) is 0 Å². The number of carbonyl (C=O) groups excluding carboxylic acids is 1. The third kappa shape index (κ3) is 9.49. The van der Waals surface area contributed by atoms with E-state index in [4.69, 9.17) is 9.79 Å². The van der Waals surface area contributed by atoms with Gasteiger partial charge in [-0.3, -0.25) is 9.32 Å². The van der Waals surface area contributed by atoms with Gasteiger partial charge in [0.1, 0.15) is 0 Å². The molecule has 0 aliphatic rings. The zero-order chi connectivity index (χ0) is 10.3. The molecular formula is C6H13O6P. The van der Waals surface area contributed by atoms with Gasteiger partial charge in [-0.25, -0.2) is 4.57 Å². The van der Waals surface area contributed by atoms with E-state index >= 15 is 0 Å². The molecule has 0 radical (unpaired) electrons. The SMILES string of the molecule is CCC(=O)OCCCOP(=O)(O)O. The van der Waals surface area contributed by atoms with Gasteiger partial charge in [-0.1, -0.05) is 6.92 Å². The summed E-state index contributed by atoms with van der Waals surface area (Å²) in [5, 5.41) is 0. The molecular weight excluding hydrogens is 199 g/mol. The molecule has 6 nitrogen and oxygen atoms in total. The number of rotatable bonds is 6. The van der Waals surface area contributed by atoms with Crippen LogP contribution in [0.15, 0.2) is 0 Å². The van der Waals surface area contributed by atoms with Crippen molar-refractivity contribution in [1.29, 1.82) is 0 Å². The molecule has 0 atom stereocenters. The van der Waals surface area contributed by atoms with Gasteiger partial charge in [-0.2, -0.15) is 0 Å². The van der Waals surface area contributed by atoms with E-state index in [-0.39, 0.29) is 25.6 Å². The maximum atomic E-state index is 10.6. The van der Waals surface area contributed by atoms with Crippen LogP contribution in [0.4, 0.5) is 0 Å². The lowest BCUT2D eigenvalue weighted by atomic mass is 10.5. The Hall–Kier alpha value is -0.420. The fourth-order valence-electron chi connectivity index (χ4n) is 0.530. The van der Waals surface area contributed by atoms with Crippen molar-refractivity contribution in [2.75, 3.05) is 13.2 Å². The maximum Gasteiger partial charge on any atom is 0.469 e. The first-order valence-corrected chi connectivity index (χ1v) is 5.34. The molecule has 0 aliphatic heterocycles. The highest BCUT2D eigenvalue weighted by atomic mass is 31.2. The average molecular weight is 212 g/mol. The second kappa shape index (κ2) is 6.10. The summed E-state index contributed by atoms with van der Waals surface area (Å²) in [7, 11) is -4.38. The van der Waals surface area contributed by atoms with E-state index < -0.39 is 7.82 Å². The van der Waals surface area contributed by atoms with E-state index in [0.717, 1.165) is 0 Å². The van der Waals surface area contributed by atoms with Crippen molar-refractivity contribution in [2.45, 2.75) is 19.8 Å². The fourth-order valence-corrected chi connectivity index (χ4v) is 0.897. The van der Waals surface area contributed by atoms with Gasteiger partial charge in [0.05, 0.1) is 13.2 Å². The zero-order valence-electron chi connectivity index (χ0n) is 7.30. The topological polar surface area (TPSA) is 93.1 Å². The number of esters is 1. The van der Waals surface area contributed by atoms with Crippen molar-refractivity contribution in [1.82, 2.24) is 0 Å². The van der Waals surface area contributed by atoms with Crippen LogP contribution in [0.5, 0.6) is 0 Å². The lowest BCUT2D eigenvalue weighted by Gasteiger charge is -2.05. The summed E-state index contributed by atoms with van der Waals surface area (Å²) in [5.74, 6) is -0.337. The summed E-state index contributed by atoms with van der Waals surface area (Å²) in [6.07, 6.45) is 0.566. The van der Waals surface area contributed by atoms with Gasteiger partial charge in [0.25, 0.3) is 0 Å². The summed E-state index contributed by atoms with van der Waals surface area (Å²) in [6, 6.07) is 0. The summed E-state index contributed by atoms with van der Waals surface area (Å²) in [6.45, 7) is 1.66. The van der Waals surface area contributed by atoms with Crippen LogP contribution in [0.1, 0.15) is 19.8 Å². The van der Waals surface area contributed by atoms with E-state index in [1.807, 2.05) is 0 Å². The Balaban J connectivity index is 3.27. The number of hydrogen-bond donors (Lipinski definition) is 2. The van der Waals surface area contributed by atoms with E-state index in [0.29, 0.717) is 6.42 Å². The van der Waals surface area contributed by atoms with Crippen molar-refractivity contribution in [3.05, 3.63) is 0 Å². The highest BCUT2D eigenvalue weighted by Crippen LogP contribution is 2.35. The highest BCUT2D eigenvalue weighted by molar-refractivity contribution is 7.46. The largest absolute Gasteiger partial charge is 0.469 e. The minimum absolute atomic E-state index is 0.118. The van der Waals surface area contributed by atoms with Crippen LogP contribution in [0.3, 0.4) is 0 Å². The van der Waals surface area contributed by atoms with Crippen LogP contribution in [0.25, 0.3) is 0 Å². The average Bonchev–Trinajstić information content (AvgIpc) is 2.01. The van der Waals surface area contributed by atoms with Gasteiger partial charge in [0, 0.05) is 12.8 Å². The van der Waals surface area contributed by atoms with Crippen molar-refractivity contribution < 1.29 is 28.4 Å². The molecule has 13 heavy (non-hydrogen) atoms. The minimum Gasteiger partial charge on any atom is -0.466 e. The van der Waals surface area contributed by atoms with Crippen LogP contribution in [-0.2, 0) is 18.6 Å². The molecule has 78 valence electrons. The van der Waals surface area contributed by atoms with Gasteiger partial charge >= 0.3 is 13.8 Å². The van der Waals surface area contributed by atoms with Crippen LogP contribution in [0, 0.1) is 0 Å². The Labute approximate surface area is 76.1 Å². The number of phosphoric ester groups is 1. The first kappa shape index (κ1) is 12.6. The smallest absolute Gasteiger partial charge is 0.466 e. The Kier molecular flexibility index (Phi) is 5.90.